The van der Waals surface area contributed by atoms with Crippen LogP contribution in [0.4, 0.5) is 5.69 Å². The van der Waals surface area contributed by atoms with Crippen molar-refractivity contribution in [2.75, 3.05) is 5.32 Å². The van der Waals surface area contributed by atoms with Crippen LogP contribution in [0.3, 0.4) is 0 Å². The van der Waals surface area contributed by atoms with Crippen LogP contribution < -0.4 is 5.32 Å². The normalized spacial score (nSPS) is 11.0. The molecule has 3 aromatic carbocycles. The maximum absolute atomic E-state index is 12.4. The van der Waals surface area contributed by atoms with Gasteiger partial charge in [0.05, 0.1) is 20.6 Å². The summed E-state index contributed by atoms with van der Waals surface area (Å²) >= 11 is 24.1. The zero-order valence-electron chi connectivity index (χ0n) is 14.0. The van der Waals surface area contributed by atoms with Crippen molar-refractivity contribution in [3.05, 3.63) is 80.3 Å². The summed E-state index contributed by atoms with van der Waals surface area (Å²) in [4.78, 5) is 16.9. The van der Waals surface area contributed by atoms with Crippen molar-refractivity contribution < 1.29 is 9.21 Å². The summed E-state index contributed by atoms with van der Waals surface area (Å²) in [5.74, 6) is 0.0231. The zero-order valence-corrected chi connectivity index (χ0v) is 17.0. The highest BCUT2D eigenvalue weighted by molar-refractivity contribution is 6.42. The molecule has 0 unspecified atom stereocenters. The Kier molecular flexibility index (Phi) is 5.21. The minimum absolute atomic E-state index is 0.310. The minimum atomic E-state index is -0.320. The highest BCUT2D eigenvalue weighted by Crippen LogP contribution is 2.33. The number of hydrogen-bond acceptors (Lipinski definition) is 3. The van der Waals surface area contributed by atoms with Gasteiger partial charge in [0.2, 0.25) is 5.89 Å². The number of oxazole rings is 1. The molecule has 140 valence electrons. The van der Waals surface area contributed by atoms with Crippen LogP contribution in [0.15, 0.2) is 59.0 Å². The average molecular weight is 452 g/mol. The monoisotopic (exact) mass is 450 g/mol. The van der Waals surface area contributed by atoms with Gasteiger partial charge in [0.15, 0.2) is 5.58 Å². The third-order valence-corrected chi connectivity index (χ3v) is 5.29. The second-order valence-corrected chi connectivity index (χ2v) is 7.57. The molecule has 1 amide bonds. The van der Waals surface area contributed by atoms with Gasteiger partial charge in [-0.2, -0.15) is 0 Å². The lowest BCUT2D eigenvalue weighted by atomic mass is 10.2. The van der Waals surface area contributed by atoms with Crippen molar-refractivity contribution in [1.82, 2.24) is 4.98 Å². The number of fused-ring (bicyclic) bond motifs is 1. The van der Waals surface area contributed by atoms with Crippen LogP contribution in [-0.2, 0) is 0 Å². The smallest absolute Gasteiger partial charge is 0.255 e. The van der Waals surface area contributed by atoms with E-state index in [2.05, 4.69) is 10.3 Å². The first-order chi connectivity index (χ1) is 13.4. The molecule has 0 aliphatic heterocycles. The van der Waals surface area contributed by atoms with Crippen molar-refractivity contribution in [2.45, 2.75) is 0 Å². The van der Waals surface area contributed by atoms with Gasteiger partial charge >= 0.3 is 0 Å². The summed E-state index contributed by atoms with van der Waals surface area (Å²) in [6.45, 7) is 0. The molecule has 0 fully saturated rings. The summed E-state index contributed by atoms with van der Waals surface area (Å²) in [5, 5.41) is 4.49. The first kappa shape index (κ1) is 19.1. The molecule has 1 heterocycles. The second-order valence-electron chi connectivity index (χ2n) is 5.91. The molecule has 1 aromatic heterocycles. The lowest BCUT2D eigenvalue weighted by molar-refractivity contribution is 0.102. The fourth-order valence-corrected chi connectivity index (χ4v) is 3.29. The summed E-state index contributed by atoms with van der Waals surface area (Å²) < 4.78 is 5.76. The Morgan fingerprint density at radius 2 is 1.64 bits per heavy atom. The highest BCUT2D eigenvalue weighted by atomic mass is 35.5. The van der Waals surface area contributed by atoms with Crippen molar-refractivity contribution in [2.24, 2.45) is 0 Å². The predicted molar refractivity (Wildman–Crippen MR) is 114 cm³/mol. The molecule has 8 heteroatoms. The van der Waals surface area contributed by atoms with E-state index in [1.54, 1.807) is 48.5 Å². The second kappa shape index (κ2) is 7.64. The Bertz CT molecular complexity index is 1220. The van der Waals surface area contributed by atoms with E-state index in [0.29, 0.717) is 53.9 Å². The van der Waals surface area contributed by atoms with E-state index < -0.39 is 0 Å². The van der Waals surface area contributed by atoms with Gasteiger partial charge in [-0.3, -0.25) is 4.79 Å². The molecule has 1 N–H and O–H groups in total. The van der Waals surface area contributed by atoms with E-state index >= 15 is 0 Å². The summed E-state index contributed by atoms with van der Waals surface area (Å²) in [5.41, 5.74) is 2.66. The predicted octanol–water partition coefficient (Wildman–Crippen LogP) is 7.36. The molecule has 0 radical (unpaired) electrons. The van der Waals surface area contributed by atoms with Gasteiger partial charge < -0.3 is 9.73 Å². The zero-order chi connectivity index (χ0) is 19.8. The van der Waals surface area contributed by atoms with Crippen LogP contribution in [0.2, 0.25) is 20.1 Å². The van der Waals surface area contributed by atoms with E-state index in [1.807, 2.05) is 0 Å². The van der Waals surface area contributed by atoms with E-state index in [0.717, 1.165) is 0 Å². The summed E-state index contributed by atoms with van der Waals surface area (Å²) in [7, 11) is 0. The van der Waals surface area contributed by atoms with Gasteiger partial charge in [-0.1, -0.05) is 46.4 Å². The number of carbonyl (C=O) groups excluding carboxylic acids is 1. The molecule has 0 atom stereocenters. The highest BCUT2D eigenvalue weighted by Gasteiger charge is 2.14. The molecule has 0 bridgehead atoms. The Morgan fingerprint density at radius 3 is 2.43 bits per heavy atom. The van der Waals surface area contributed by atoms with Crippen molar-refractivity contribution in [3.8, 4) is 11.5 Å². The van der Waals surface area contributed by atoms with E-state index in [1.165, 1.54) is 6.07 Å². The fourth-order valence-electron chi connectivity index (χ4n) is 2.62. The average Bonchev–Trinajstić information content (AvgIpc) is 3.09. The third kappa shape index (κ3) is 3.82. The molecule has 0 aliphatic carbocycles. The minimum Gasteiger partial charge on any atom is -0.436 e. The number of nitrogens with one attached hydrogen (secondary N) is 1. The molecule has 0 aliphatic rings. The molecular formula is C20H10Cl4N2O2. The van der Waals surface area contributed by atoms with Gasteiger partial charge in [-0.15, -0.1) is 0 Å². The SMILES string of the molecule is O=C(Nc1ccc2oc(-c3cc(Cl)ccc3Cl)nc2c1)c1ccc(Cl)c(Cl)c1. The Hall–Kier alpha value is -2.24. The van der Waals surface area contributed by atoms with Crippen LogP contribution in [0.5, 0.6) is 0 Å². The number of aromatic nitrogens is 1. The molecule has 4 rings (SSSR count). The Morgan fingerprint density at radius 1 is 0.857 bits per heavy atom. The van der Waals surface area contributed by atoms with E-state index in [9.17, 15) is 4.79 Å². The molecular weight excluding hydrogens is 442 g/mol. The number of nitrogens with zero attached hydrogens (tertiary/aromatic N) is 1. The molecule has 4 nitrogen and oxygen atoms in total. The first-order valence-electron chi connectivity index (χ1n) is 8.03. The number of benzene rings is 3. The Balaban J connectivity index is 1.63. The Labute approximate surface area is 180 Å². The maximum atomic E-state index is 12.4. The topological polar surface area (TPSA) is 55.1 Å². The summed E-state index contributed by atoms with van der Waals surface area (Å²) in [6, 6.07) is 14.9. The first-order valence-corrected chi connectivity index (χ1v) is 9.54. The molecule has 0 spiro atoms. The van der Waals surface area contributed by atoms with Crippen molar-refractivity contribution in [3.63, 3.8) is 0 Å². The fraction of sp³-hybridized carbons (Fsp3) is 0. The van der Waals surface area contributed by atoms with E-state index in [-0.39, 0.29) is 5.91 Å². The van der Waals surface area contributed by atoms with E-state index in [4.69, 9.17) is 50.8 Å². The maximum Gasteiger partial charge on any atom is 0.255 e. The lowest BCUT2D eigenvalue weighted by Crippen LogP contribution is -2.11. The molecule has 4 aromatic rings. The van der Waals surface area contributed by atoms with Crippen LogP contribution in [-0.4, -0.2) is 10.9 Å². The number of halogens is 4. The van der Waals surface area contributed by atoms with Crippen LogP contribution in [0.25, 0.3) is 22.6 Å². The van der Waals surface area contributed by atoms with Gasteiger partial charge in [0.1, 0.15) is 5.52 Å². The van der Waals surface area contributed by atoms with Crippen LogP contribution in [0.1, 0.15) is 10.4 Å². The van der Waals surface area contributed by atoms with Crippen molar-refractivity contribution in [1.29, 1.82) is 0 Å². The number of amides is 1. The van der Waals surface area contributed by atoms with Crippen LogP contribution >= 0.6 is 46.4 Å². The third-order valence-electron chi connectivity index (χ3n) is 3.99. The number of hydrogen-bond donors (Lipinski definition) is 1. The largest absolute Gasteiger partial charge is 0.436 e. The van der Waals surface area contributed by atoms with Gasteiger partial charge in [-0.05, 0) is 54.6 Å². The van der Waals surface area contributed by atoms with Crippen molar-refractivity contribution >= 4 is 69.1 Å². The number of carbonyl (C=O) groups is 1. The van der Waals surface area contributed by atoms with Gasteiger partial charge in [0, 0.05) is 16.3 Å². The number of rotatable bonds is 3. The lowest BCUT2D eigenvalue weighted by Gasteiger charge is -2.06. The molecule has 0 saturated heterocycles. The van der Waals surface area contributed by atoms with Gasteiger partial charge in [0.25, 0.3) is 5.91 Å². The number of anilines is 1. The van der Waals surface area contributed by atoms with Crippen LogP contribution in [0, 0.1) is 0 Å². The van der Waals surface area contributed by atoms with Gasteiger partial charge in [-0.25, -0.2) is 4.98 Å². The molecule has 0 saturated carbocycles. The summed E-state index contributed by atoms with van der Waals surface area (Å²) in [6.07, 6.45) is 0. The molecule has 28 heavy (non-hydrogen) atoms. The quantitative estimate of drug-likeness (QED) is 0.354. The standard InChI is InChI=1S/C20H10Cl4N2O2/c21-11-2-5-14(22)13(8-11)20-26-17-9-12(3-6-18(17)28-20)25-19(27)10-1-4-15(23)16(24)7-10/h1-9H,(H,25,27).